The Labute approximate surface area is 272 Å². The number of rotatable bonds is 20. The van der Waals surface area contributed by atoms with Crippen LogP contribution < -0.4 is 22.1 Å². The molecule has 2 rings (SSSR count). The van der Waals surface area contributed by atoms with E-state index in [2.05, 4.69) is 29.3 Å². The van der Waals surface area contributed by atoms with E-state index < -0.39 is 11.5 Å². The summed E-state index contributed by atoms with van der Waals surface area (Å²) in [4.78, 5) is 38.7. The van der Waals surface area contributed by atoms with Crippen LogP contribution in [0.15, 0.2) is 41.2 Å². The maximum atomic E-state index is 13.0. The summed E-state index contributed by atoms with van der Waals surface area (Å²) in [7, 11) is 0. The Morgan fingerprint density at radius 3 is 2.33 bits per heavy atom. The number of hydrazine groups is 1. The number of hydrogen-bond donors (Lipinski definition) is 4. The second kappa shape index (κ2) is 19.1. The molecule has 1 aromatic heterocycles. The minimum Gasteiger partial charge on any atom is -0.493 e. The van der Waals surface area contributed by atoms with Crippen LogP contribution in [0.2, 0.25) is 0 Å². The van der Waals surface area contributed by atoms with Crippen LogP contribution in [0.5, 0.6) is 5.88 Å². The number of carbonyl (C=O) groups is 2. The highest BCUT2D eigenvalue weighted by molar-refractivity contribution is 5.86. The highest BCUT2D eigenvalue weighted by Crippen LogP contribution is 2.31. The van der Waals surface area contributed by atoms with Crippen LogP contribution in [-0.4, -0.2) is 59.4 Å². The van der Waals surface area contributed by atoms with Gasteiger partial charge in [0.25, 0.3) is 5.56 Å². The van der Waals surface area contributed by atoms with Crippen molar-refractivity contribution in [1.29, 1.82) is 5.26 Å². The van der Waals surface area contributed by atoms with Crippen molar-refractivity contribution in [3.05, 3.63) is 57.9 Å². The minimum atomic E-state index is -0.608. The number of pyridine rings is 1. The summed E-state index contributed by atoms with van der Waals surface area (Å²) in [5.41, 5.74) is 13.2. The molecule has 0 saturated heterocycles. The molecular formula is C34H50N6O6. The largest absolute Gasteiger partial charge is 0.493 e. The van der Waals surface area contributed by atoms with Crippen molar-refractivity contribution < 1.29 is 24.2 Å². The van der Waals surface area contributed by atoms with Crippen LogP contribution in [-0.2, 0) is 32.0 Å². The number of nitrogen functional groups attached to an aromatic ring is 1. The van der Waals surface area contributed by atoms with Crippen molar-refractivity contribution in [2.75, 3.05) is 49.4 Å². The number of ether oxygens (including phenoxy) is 2. The van der Waals surface area contributed by atoms with Gasteiger partial charge in [-0.25, -0.2) is 4.79 Å². The molecule has 0 saturated carbocycles. The molecule has 0 fully saturated rings. The summed E-state index contributed by atoms with van der Waals surface area (Å²) >= 11 is 0. The fraction of sp³-hybridized carbons (Fsp3) is 0.529. The zero-order valence-electron chi connectivity index (χ0n) is 27.9. The van der Waals surface area contributed by atoms with E-state index in [0.717, 1.165) is 31.2 Å². The molecule has 0 aliphatic heterocycles. The highest BCUT2D eigenvalue weighted by Gasteiger charge is 2.22. The van der Waals surface area contributed by atoms with E-state index in [1.807, 2.05) is 37.3 Å². The first-order chi connectivity index (χ1) is 21.9. The molecule has 0 spiro atoms. The van der Waals surface area contributed by atoms with Crippen molar-refractivity contribution >= 4 is 29.0 Å². The summed E-state index contributed by atoms with van der Waals surface area (Å²) in [6.45, 7) is 15.2. The molecule has 1 atom stereocenters. The Morgan fingerprint density at radius 2 is 1.76 bits per heavy atom. The molecule has 12 nitrogen and oxygen atoms in total. The molecule has 1 unspecified atom stereocenters. The van der Waals surface area contributed by atoms with E-state index in [4.69, 9.17) is 15.2 Å². The maximum Gasteiger partial charge on any atom is 0.333 e. The second-order valence-electron chi connectivity index (χ2n) is 11.7. The molecule has 0 aliphatic rings. The number of aromatic nitrogens is 1. The molecule has 5 N–H and O–H groups in total. The van der Waals surface area contributed by atoms with Crippen molar-refractivity contribution in [3.63, 3.8) is 0 Å². The molecule has 46 heavy (non-hydrogen) atoms. The van der Waals surface area contributed by atoms with E-state index in [-0.39, 0.29) is 60.4 Å². The van der Waals surface area contributed by atoms with Gasteiger partial charge in [0, 0.05) is 31.8 Å². The standard InChI is InChI=1S/C34H50N6O6/c1-7-9-10-25(8-2)22-40-31(41)28(21-35)29(36)30(32(40)42)38-37-27-13-11-26(12-14-27)15-16-39(17-19-45-33(43)23(3)4)18-20-46-34(44)24(5)6/h11-14,24-25,37-38,42H,3,7-10,15-20,22,36H2,1-2,4-6H3. The number of nitrogens with zero attached hydrogens (tertiary/aromatic N) is 3. The number of nitrogens with two attached hydrogens (primary N) is 1. The second-order valence-corrected chi connectivity index (χ2v) is 11.7. The molecule has 2 aromatic rings. The first kappa shape index (κ1) is 37.7. The summed E-state index contributed by atoms with van der Waals surface area (Å²) in [5.74, 6) is -1.08. The van der Waals surface area contributed by atoms with Gasteiger partial charge in [0.05, 0.1) is 17.3 Å². The van der Waals surface area contributed by atoms with Gasteiger partial charge in [0.1, 0.15) is 30.5 Å². The summed E-state index contributed by atoms with van der Waals surface area (Å²) < 4.78 is 11.8. The number of hydrogen-bond acceptors (Lipinski definition) is 11. The van der Waals surface area contributed by atoms with Crippen LogP contribution in [0.3, 0.4) is 0 Å². The van der Waals surface area contributed by atoms with Crippen LogP contribution in [0.25, 0.3) is 0 Å². The van der Waals surface area contributed by atoms with Gasteiger partial charge in [-0.15, -0.1) is 0 Å². The first-order valence-corrected chi connectivity index (χ1v) is 15.9. The minimum absolute atomic E-state index is 0.0618. The van der Waals surface area contributed by atoms with Crippen molar-refractivity contribution in [2.45, 2.75) is 73.3 Å². The third-order valence-electron chi connectivity index (χ3n) is 7.69. The van der Waals surface area contributed by atoms with E-state index in [0.29, 0.717) is 37.3 Å². The van der Waals surface area contributed by atoms with Crippen molar-refractivity contribution in [2.24, 2.45) is 11.8 Å². The molecular weight excluding hydrogens is 588 g/mol. The lowest BCUT2D eigenvalue weighted by atomic mass is 9.99. The van der Waals surface area contributed by atoms with Gasteiger partial charge < -0.3 is 25.7 Å². The lowest BCUT2D eigenvalue weighted by Crippen LogP contribution is -2.34. The van der Waals surface area contributed by atoms with Gasteiger partial charge in [0.2, 0.25) is 5.88 Å². The fourth-order valence-electron chi connectivity index (χ4n) is 4.65. The molecule has 0 aliphatic carbocycles. The first-order valence-electron chi connectivity index (χ1n) is 15.9. The summed E-state index contributed by atoms with van der Waals surface area (Å²) in [5, 5.41) is 20.7. The normalized spacial score (nSPS) is 11.6. The third kappa shape index (κ3) is 11.5. The van der Waals surface area contributed by atoms with Gasteiger partial charge in [-0.2, -0.15) is 5.26 Å². The maximum absolute atomic E-state index is 13.0. The van der Waals surface area contributed by atoms with E-state index >= 15 is 0 Å². The Morgan fingerprint density at radius 1 is 1.11 bits per heavy atom. The van der Waals surface area contributed by atoms with Gasteiger partial charge in [0.15, 0.2) is 0 Å². The number of anilines is 3. The molecule has 0 radical (unpaired) electrons. The van der Waals surface area contributed by atoms with Gasteiger partial charge in [-0.1, -0.05) is 65.7 Å². The average Bonchev–Trinajstić information content (AvgIpc) is 3.03. The predicted octanol–water partition coefficient (Wildman–Crippen LogP) is 4.83. The molecule has 1 aromatic carbocycles. The predicted molar refractivity (Wildman–Crippen MR) is 180 cm³/mol. The summed E-state index contributed by atoms with van der Waals surface area (Å²) in [6.07, 6.45) is 4.45. The molecule has 0 bridgehead atoms. The van der Waals surface area contributed by atoms with Crippen LogP contribution in [0.1, 0.15) is 71.4 Å². The van der Waals surface area contributed by atoms with Crippen LogP contribution in [0, 0.1) is 23.2 Å². The number of aromatic hydroxyl groups is 1. The number of carbonyl (C=O) groups excluding carboxylic acids is 2. The monoisotopic (exact) mass is 638 g/mol. The molecule has 0 amide bonds. The van der Waals surface area contributed by atoms with E-state index in [1.54, 1.807) is 20.8 Å². The lowest BCUT2D eigenvalue weighted by molar-refractivity contribution is -0.147. The van der Waals surface area contributed by atoms with Crippen molar-refractivity contribution in [3.8, 4) is 11.9 Å². The van der Waals surface area contributed by atoms with Crippen LogP contribution in [0.4, 0.5) is 17.1 Å². The average molecular weight is 639 g/mol. The number of nitriles is 1. The number of nitrogens with one attached hydrogen (secondary N) is 2. The van der Waals surface area contributed by atoms with Gasteiger partial charge >= 0.3 is 11.9 Å². The molecule has 1 heterocycles. The highest BCUT2D eigenvalue weighted by atomic mass is 16.5. The number of unbranched alkanes of at least 4 members (excludes halogenated alkanes) is 1. The Bertz CT molecular complexity index is 1410. The topological polar surface area (TPSA) is 172 Å². The fourth-order valence-corrected chi connectivity index (χ4v) is 4.65. The Kier molecular flexibility index (Phi) is 15.7. The SMILES string of the molecule is C=C(C)C(=O)OCCN(CCOC(=O)C(C)C)CCc1ccc(NNc2c(N)c(C#N)c(=O)n(CC(CC)CCCC)c2O)cc1. The zero-order valence-corrected chi connectivity index (χ0v) is 27.9. The van der Waals surface area contributed by atoms with E-state index in [9.17, 15) is 24.8 Å². The molecule has 12 heteroatoms. The Balaban J connectivity index is 2.09. The number of esters is 2. The zero-order chi connectivity index (χ0) is 34.2. The Hall–Kier alpha value is -4.50. The third-order valence-corrected chi connectivity index (χ3v) is 7.69. The smallest absolute Gasteiger partial charge is 0.333 e. The lowest BCUT2D eigenvalue weighted by Gasteiger charge is -2.22. The van der Waals surface area contributed by atoms with Crippen LogP contribution >= 0.6 is 0 Å². The molecule has 252 valence electrons. The summed E-state index contributed by atoms with van der Waals surface area (Å²) in [6, 6.07) is 9.45. The van der Waals surface area contributed by atoms with Gasteiger partial charge in [-0.3, -0.25) is 24.5 Å². The van der Waals surface area contributed by atoms with Crippen molar-refractivity contribution in [1.82, 2.24) is 9.47 Å². The quantitative estimate of drug-likeness (QED) is 0.0889. The van der Waals surface area contributed by atoms with Gasteiger partial charge in [-0.05, 0) is 43.4 Å². The van der Waals surface area contributed by atoms with E-state index in [1.165, 1.54) is 4.57 Å². The number of benzene rings is 1.